The van der Waals surface area contributed by atoms with E-state index >= 15 is 0 Å². The SMILES string of the molecule is Cc1nc(C(Cc2ccc(-c3ccccc3)cc2)(OC(C)(C)C)C(=O)O)cs1. The minimum absolute atomic E-state index is 0.206. The van der Waals surface area contributed by atoms with Gasteiger partial charge in [0.25, 0.3) is 0 Å². The van der Waals surface area contributed by atoms with Gasteiger partial charge in [-0.1, -0.05) is 54.6 Å². The van der Waals surface area contributed by atoms with E-state index in [9.17, 15) is 9.90 Å². The highest BCUT2D eigenvalue weighted by Crippen LogP contribution is 2.36. The van der Waals surface area contributed by atoms with Crippen LogP contribution in [0.3, 0.4) is 0 Å². The van der Waals surface area contributed by atoms with Crippen molar-refractivity contribution >= 4 is 17.3 Å². The zero-order chi connectivity index (χ0) is 20.4. The molecule has 0 spiro atoms. The zero-order valence-corrected chi connectivity index (χ0v) is 17.4. The van der Waals surface area contributed by atoms with Crippen LogP contribution in [0, 0.1) is 6.92 Å². The number of hydrogen-bond donors (Lipinski definition) is 1. The number of thiazole rings is 1. The fraction of sp³-hybridized carbons (Fsp3) is 0.304. The van der Waals surface area contributed by atoms with Crippen molar-refractivity contribution in [2.24, 2.45) is 0 Å². The molecule has 0 saturated heterocycles. The molecule has 0 aliphatic rings. The lowest BCUT2D eigenvalue weighted by Crippen LogP contribution is -2.46. The summed E-state index contributed by atoms with van der Waals surface area (Å²) in [6, 6.07) is 18.0. The Morgan fingerprint density at radius 1 is 1.04 bits per heavy atom. The summed E-state index contributed by atoms with van der Waals surface area (Å²) in [4.78, 5) is 16.9. The average Bonchev–Trinajstić information content (AvgIpc) is 3.08. The number of aryl methyl sites for hydroxylation is 1. The summed E-state index contributed by atoms with van der Waals surface area (Å²) in [5.41, 5.74) is 1.38. The number of rotatable bonds is 6. The molecule has 0 amide bonds. The molecule has 2 aromatic carbocycles. The normalized spacial score (nSPS) is 13.9. The second-order valence-corrected chi connectivity index (χ2v) is 8.90. The maximum Gasteiger partial charge on any atom is 0.342 e. The van der Waals surface area contributed by atoms with Crippen molar-refractivity contribution in [1.82, 2.24) is 4.98 Å². The third-order valence-corrected chi connectivity index (χ3v) is 5.15. The molecule has 1 N–H and O–H groups in total. The number of hydrogen-bond acceptors (Lipinski definition) is 4. The third-order valence-electron chi connectivity index (χ3n) is 4.37. The summed E-state index contributed by atoms with van der Waals surface area (Å²) >= 11 is 1.43. The van der Waals surface area contributed by atoms with Crippen molar-refractivity contribution in [1.29, 1.82) is 0 Å². The van der Waals surface area contributed by atoms with Crippen molar-refractivity contribution in [2.45, 2.75) is 45.3 Å². The molecule has 0 radical (unpaired) electrons. The Labute approximate surface area is 169 Å². The van der Waals surface area contributed by atoms with Gasteiger partial charge in [-0.05, 0) is 44.4 Å². The van der Waals surface area contributed by atoms with Crippen molar-refractivity contribution in [2.75, 3.05) is 0 Å². The predicted octanol–water partition coefficient (Wildman–Crippen LogP) is 5.46. The first-order valence-electron chi connectivity index (χ1n) is 9.20. The quantitative estimate of drug-likeness (QED) is 0.602. The first-order chi connectivity index (χ1) is 13.2. The molecule has 0 aliphatic heterocycles. The maximum atomic E-state index is 12.4. The van der Waals surface area contributed by atoms with Crippen LogP contribution in [-0.2, 0) is 21.6 Å². The van der Waals surface area contributed by atoms with Gasteiger partial charge in [0.15, 0.2) is 0 Å². The van der Waals surface area contributed by atoms with Crippen LogP contribution < -0.4 is 0 Å². The average molecular weight is 396 g/mol. The molecule has 1 atom stereocenters. The van der Waals surface area contributed by atoms with E-state index in [2.05, 4.69) is 17.1 Å². The van der Waals surface area contributed by atoms with Crippen molar-refractivity contribution < 1.29 is 14.6 Å². The zero-order valence-electron chi connectivity index (χ0n) is 16.6. The molecule has 1 aromatic heterocycles. The Morgan fingerprint density at radius 2 is 1.64 bits per heavy atom. The highest BCUT2D eigenvalue weighted by molar-refractivity contribution is 7.09. The second kappa shape index (κ2) is 7.86. The van der Waals surface area contributed by atoms with Crippen LogP contribution in [0.15, 0.2) is 60.0 Å². The molecular formula is C23H25NO3S. The van der Waals surface area contributed by atoms with Crippen LogP contribution in [-0.4, -0.2) is 21.7 Å². The van der Waals surface area contributed by atoms with Gasteiger partial charge < -0.3 is 9.84 Å². The molecule has 28 heavy (non-hydrogen) atoms. The minimum Gasteiger partial charge on any atom is -0.479 e. The smallest absolute Gasteiger partial charge is 0.342 e. The Hall–Kier alpha value is -2.50. The molecule has 0 fully saturated rings. The summed E-state index contributed by atoms with van der Waals surface area (Å²) in [7, 11) is 0. The molecule has 1 heterocycles. The van der Waals surface area contributed by atoms with E-state index in [0.717, 1.165) is 21.7 Å². The molecule has 3 rings (SSSR count). The lowest BCUT2D eigenvalue weighted by atomic mass is 9.89. The predicted molar refractivity (Wildman–Crippen MR) is 113 cm³/mol. The van der Waals surface area contributed by atoms with Gasteiger partial charge in [0.1, 0.15) is 0 Å². The van der Waals surface area contributed by atoms with Gasteiger partial charge in [0, 0.05) is 11.8 Å². The summed E-state index contributed by atoms with van der Waals surface area (Å²) in [6.07, 6.45) is 0.206. The van der Waals surface area contributed by atoms with Gasteiger partial charge in [-0.15, -0.1) is 11.3 Å². The number of benzene rings is 2. The molecule has 0 saturated carbocycles. The number of carboxylic acids is 1. The van der Waals surface area contributed by atoms with Crippen LogP contribution in [0.5, 0.6) is 0 Å². The van der Waals surface area contributed by atoms with E-state index in [0.29, 0.717) is 5.69 Å². The van der Waals surface area contributed by atoms with Crippen LogP contribution in [0.1, 0.15) is 37.0 Å². The standard InChI is InChI=1S/C23H25NO3S/c1-16-24-20(15-28-16)23(21(25)26,27-22(2,3)4)14-17-10-12-19(13-11-17)18-8-6-5-7-9-18/h5-13,15H,14H2,1-4H3,(H,25,26). The summed E-state index contributed by atoms with van der Waals surface area (Å²) in [5, 5.41) is 12.8. The van der Waals surface area contributed by atoms with Crippen LogP contribution in [0.4, 0.5) is 0 Å². The number of carbonyl (C=O) groups is 1. The van der Waals surface area contributed by atoms with Gasteiger partial charge in [-0.2, -0.15) is 0 Å². The van der Waals surface area contributed by atoms with Crippen LogP contribution >= 0.6 is 11.3 Å². The fourth-order valence-electron chi connectivity index (χ4n) is 3.21. The summed E-state index contributed by atoms with van der Waals surface area (Å²) in [6.45, 7) is 7.46. The largest absolute Gasteiger partial charge is 0.479 e. The minimum atomic E-state index is -1.53. The Kier molecular flexibility index (Phi) is 5.68. The van der Waals surface area contributed by atoms with Gasteiger partial charge in [0.2, 0.25) is 5.60 Å². The molecule has 4 nitrogen and oxygen atoms in total. The summed E-state index contributed by atoms with van der Waals surface area (Å²) < 4.78 is 6.15. The van der Waals surface area contributed by atoms with Gasteiger partial charge >= 0.3 is 5.97 Å². The van der Waals surface area contributed by atoms with Crippen molar-refractivity contribution in [3.63, 3.8) is 0 Å². The molecule has 0 bridgehead atoms. The molecule has 0 aliphatic carbocycles. The molecule has 3 aromatic rings. The molecule has 146 valence electrons. The third kappa shape index (κ3) is 4.49. The van der Waals surface area contributed by atoms with Crippen LogP contribution in [0.25, 0.3) is 11.1 Å². The molecule has 1 unspecified atom stereocenters. The number of aliphatic carboxylic acids is 1. The lowest BCUT2D eigenvalue weighted by Gasteiger charge is -2.35. The van der Waals surface area contributed by atoms with Gasteiger partial charge in [0.05, 0.1) is 16.3 Å². The topological polar surface area (TPSA) is 59.4 Å². The second-order valence-electron chi connectivity index (χ2n) is 7.84. The summed E-state index contributed by atoms with van der Waals surface area (Å²) in [5.74, 6) is -1.03. The van der Waals surface area contributed by atoms with Gasteiger partial charge in [-0.25, -0.2) is 9.78 Å². The number of aromatic nitrogens is 1. The molecular weight excluding hydrogens is 370 g/mol. The monoisotopic (exact) mass is 395 g/mol. The number of nitrogens with zero attached hydrogens (tertiary/aromatic N) is 1. The van der Waals surface area contributed by atoms with E-state index in [-0.39, 0.29) is 6.42 Å². The van der Waals surface area contributed by atoms with E-state index in [1.807, 2.05) is 70.2 Å². The van der Waals surface area contributed by atoms with Crippen molar-refractivity contribution in [3.05, 3.63) is 76.2 Å². The Bertz CT molecular complexity index is 942. The fourth-order valence-corrected chi connectivity index (χ4v) is 3.89. The maximum absolute atomic E-state index is 12.4. The lowest BCUT2D eigenvalue weighted by molar-refractivity contribution is -0.188. The van der Waals surface area contributed by atoms with E-state index in [4.69, 9.17) is 4.74 Å². The highest BCUT2D eigenvalue weighted by Gasteiger charge is 2.46. The van der Waals surface area contributed by atoms with Crippen LogP contribution in [0.2, 0.25) is 0 Å². The first kappa shape index (κ1) is 20.2. The number of ether oxygens (including phenoxy) is 1. The van der Waals surface area contributed by atoms with E-state index < -0.39 is 17.2 Å². The highest BCUT2D eigenvalue weighted by atomic mass is 32.1. The first-order valence-corrected chi connectivity index (χ1v) is 10.1. The Morgan fingerprint density at radius 3 is 2.14 bits per heavy atom. The molecule has 5 heteroatoms. The van der Waals surface area contributed by atoms with Crippen molar-refractivity contribution in [3.8, 4) is 11.1 Å². The number of carboxylic acid groups (broad SMARTS) is 1. The van der Waals surface area contributed by atoms with Gasteiger partial charge in [-0.3, -0.25) is 0 Å². The Balaban J connectivity index is 1.98. The van der Waals surface area contributed by atoms with E-state index in [1.165, 1.54) is 11.3 Å². The van der Waals surface area contributed by atoms with E-state index in [1.54, 1.807) is 5.38 Å².